The van der Waals surface area contributed by atoms with E-state index in [-0.39, 0.29) is 34.7 Å². The molecule has 0 bridgehead atoms. The molecule has 4 nitrogen and oxygen atoms in total. The molecule has 0 saturated heterocycles. The molecule has 0 atom stereocenters. The fraction of sp³-hybridized carbons (Fsp3) is 0.250. The van der Waals surface area contributed by atoms with E-state index in [1.165, 1.54) is 18.2 Å². The second-order valence-electron chi connectivity index (χ2n) is 11.0. The average molecular weight is 656 g/mol. The fourth-order valence-electron chi connectivity index (χ4n) is 4.87. The minimum Gasteiger partial charge on any atom is -0.513 e. The van der Waals surface area contributed by atoms with Gasteiger partial charge in [-0.2, -0.15) is 0 Å². The second kappa shape index (κ2) is 12.4. The van der Waals surface area contributed by atoms with Crippen LogP contribution in [-0.4, -0.2) is 28.7 Å². The Hall–Kier alpha value is -3.27. The first kappa shape index (κ1) is 32.6. The van der Waals surface area contributed by atoms with Crippen LogP contribution in [-0.2, 0) is 12.8 Å². The molecule has 0 aromatic heterocycles. The maximum atomic E-state index is 14.9. The normalized spacial score (nSPS) is 14.5. The highest BCUT2D eigenvalue weighted by Crippen LogP contribution is 2.42. The molecule has 1 fully saturated rings. The van der Waals surface area contributed by atoms with E-state index in [4.69, 9.17) is 23.2 Å². The van der Waals surface area contributed by atoms with E-state index in [2.05, 4.69) is 46.6 Å². The summed E-state index contributed by atoms with van der Waals surface area (Å²) < 4.78 is 60.4. The molecule has 0 radical (unpaired) electrons. The summed E-state index contributed by atoms with van der Waals surface area (Å²) in [5, 5.41) is 13.3. The lowest BCUT2D eigenvalue weighted by molar-refractivity contribution is -0.274. The van der Waals surface area contributed by atoms with Gasteiger partial charge in [0.2, 0.25) is 0 Å². The van der Waals surface area contributed by atoms with Gasteiger partial charge in [0.15, 0.2) is 0 Å². The number of ether oxygens (including phenoxy) is 1. The molecule has 0 unspecified atom stereocenters. The quantitative estimate of drug-likeness (QED) is 0.109. The van der Waals surface area contributed by atoms with E-state index in [0.29, 0.717) is 21.2 Å². The Balaban J connectivity index is 1.71. The fourth-order valence-corrected chi connectivity index (χ4v) is 7.22. The molecule has 0 amide bonds. The molecule has 1 saturated carbocycles. The zero-order chi connectivity index (χ0) is 31.7. The van der Waals surface area contributed by atoms with Crippen molar-refractivity contribution in [2.75, 3.05) is 4.72 Å². The van der Waals surface area contributed by atoms with Crippen LogP contribution in [0.1, 0.15) is 48.4 Å². The summed E-state index contributed by atoms with van der Waals surface area (Å²) in [5.74, 6) is 7.29. The number of halogens is 6. The Morgan fingerprint density at radius 3 is 2.28 bits per heavy atom. The van der Waals surface area contributed by atoms with Gasteiger partial charge in [-0.1, -0.05) is 60.2 Å². The summed E-state index contributed by atoms with van der Waals surface area (Å²) in [6.45, 7) is 9.77. The number of aliphatic hydroxyl groups is 1. The van der Waals surface area contributed by atoms with Crippen LogP contribution in [0.3, 0.4) is 0 Å². The molecule has 0 heterocycles. The van der Waals surface area contributed by atoms with Crippen LogP contribution in [0.25, 0.3) is 5.70 Å². The van der Waals surface area contributed by atoms with Crippen molar-refractivity contribution < 1.29 is 27.4 Å². The Bertz CT molecular complexity index is 1680. The lowest BCUT2D eigenvalue weighted by atomic mass is 9.78. The highest BCUT2D eigenvalue weighted by atomic mass is 35.5. The number of hydrogen-bond donors (Lipinski definition) is 3. The summed E-state index contributed by atoms with van der Waals surface area (Å²) in [6.07, 6.45) is -1.53. The van der Waals surface area contributed by atoms with Crippen LogP contribution in [0.4, 0.5) is 23.2 Å². The van der Waals surface area contributed by atoms with Crippen LogP contribution in [0.2, 0.25) is 10.0 Å². The van der Waals surface area contributed by atoms with Gasteiger partial charge in [-0.3, -0.25) is 0 Å². The molecule has 3 aromatic rings. The number of hydrogen-bond acceptors (Lipinski definition) is 4. The number of rotatable bonds is 11. The van der Waals surface area contributed by atoms with Crippen molar-refractivity contribution in [3.05, 3.63) is 106 Å². The van der Waals surface area contributed by atoms with Crippen LogP contribution >= 0.6 is 32.6 Å². The van der Waals surface area contributed by atoms with Crippen LogP contribution in [0.5, 0.6) is 5.75 Å². The van der Waals surface area contributed by atoms with Gasteiger partial charge >= 0.3 is 6.36 Å². The molecule has 3 N–H and O–H groups in total. The van der Waals surface area contributed by atoms with Crippen molar-refractivity contribution in [3.8, 4) is 5.75 Å². The van der Waals surface area contributed by atoms with Gasteiger partial charge in [0.05, 0.1) is 10.8 Å². The molecule has 11 heteroatoms. The van der Waals surface area contributed by atoms with Crippen molar-refractivity contribution in [3.63, 3.8) is 0 Å². The highest BCUT2D eigenvalue weighted by Gasteiger charge is 2.32. The van der Waals surface area contributed by atoms with Crippen LogP contribution in [0, 0.1) is 5.82 Å². The predicted molar refractivity (Wildman–Crippen MR) is 172 cm³/mol. The van der Waals surface area contributed by atoms with E-state index < -0.39 is 27.3 Å². The first-order valence-corrected chi connectivity index (χ1v) is 15.9. The summed E-state index contributed by atoms with van der Waals surface area (Å²) in [5.41, 5.74) is 3.50. The van der Waals surface area contributed by atoms with Gasteiger partial charge in [-0.15, -0.1) is 22.6 Å². The third kappa shape index (κ3) is 8.22. The first-order chi connectivity index (χ1) is 19.9. The number of benzene rings is 3. The number of anilines is 1. The van der Waals surface area contributed by atoms with Gasteiger partial charge in [0.1, 0.15) is 11.6 Å². The smallest absolute Gasteiger partial charge is 0.513 e. The monoisotopic (exact) mass is 654 g/mol. The van der Waals surface area contributed by atoms with Gasteiger partial charge in [0.25, 0.3) is 0 Å². The van der Waals surface area contributed by atoms with Gasteiger partial charge in [-0.25, -0.2) is 4.39 Å². The predicted octanol–water partition coefficient (Wildman–Crippen LogP) is 9.79. The lowest BCUT2D eigenvalue weighted by Crippen LogP contribution is -2.46. The molecule has 1 aliphatic rings. The zero-order valence-electron chi connectivity index (χ0n) is 23.5. The number of allylic oxidation sites excluding steroid dienone is 1. The SMILES string of the molecule is C=C(O)Cc1cc(Cl)c(Cc2ccc(C(=C)NC3(C)CCC3)cc2NS(=C)(=C)c2ccc(OC(F)(F)F)cc2Cl)cc1F. The molecule has 0 spiro atoms. The third-order valence-corrected chi connectivity index (χ3v) is 9.81. The van der Waals surface area contributed by atoms with Gasteiger partial charge in [-0.05, 0) is 78.8 Å². The van der Waals surface area contributed by atoms with E-state index in [0.717, 1.165) is 48.2 Å². The Kier molecular flexibility index (Phi) is 9.40. The molecule has 1 aliphatic carbocycles. The summed E-state index contributed by atoms with van der Waals surface area (Å²) >= 11 is 12.9. The minimum absolute atomic E-state index is 0.00196. The van der Waals surface area contributed by atoms with Crippen LogP contribution in [0.15, 0.2) is 72.3 Å². The number of nitrogens with one attached hydrogen (secondary N) is 2. The Morgan fingerprint density at radius 1 is 1.00 bits per heavy atom. The van der Waals surface area contributed by atoms with Crippen molar-refractivity contribution in [2.45, 2.75) is 55.8 Å². The topological polar surface area (TPSA) is 53.5 Å². The van der Waals surface area contributed by atoms with Crippen molar-refractivity contribution in [1.82, 2.24) is 5.32 Å². The summed E-state index contributed by atoms with van der Waals surface area (Å²) in [7, 11) is -2.44. The lowest BCUT2D eigenvalue weighted by Gasteiger charge is -2.40. The number of alkyl halides is 3. The maximum absolute atomic E-state index is 14.9. The maximum Gasteiger partial charge on any atom is 0.573 e. The second-order valence-corrected chi connectivity index (χ2v) is 14.2. The van der Waals surface area contributed by atoms with Gasteiger partial charge in [0, 0.05) is 45.7 Å². The van der Waals surface area contributed by atoms with E-state index in [9.17, 15) is 22.7 Å². The highest BCUT2D eigenvalue weighted by molar-refractivity contribution is 8.28. The summed E-state index contributed by atoms with van der Waals surface area (Å²) in [6, 6.07) is 12.0. The molecule has 0 aliphatic heterocycles. The van der Waals surface area contributed by atoms with Crippen molar-refractivity contribution in [2.24, 2.45) is 0 Å². The van der Waals surface area contributed by atoms with E-state index in [1.54, 1.807) is 0 Å². The molecule has 3 aromatic carbocycles. The minimum atomic E-state index is -4.87. The van der Waals surface area contributed by atoms with Crippen molar-refractivity contribution in [1.29, 1.82) is 0 Å². The molecule has 43 heavy (non-hydrogen) atoms. The largest absolute Gasteiger partial charge is 0.573 e. The van der Waals surface area contributed by atoms with Gasteiger partial charge < -0.3 is 19.9 Å². The Labute approximate surface area is 259 Å². The van der Waals surface area contributed by atoms with E-state index >= 15 is 0 Å². The first-order valence-electron chi connectivity index (χ1n) is 13.2. The van der Waals surface area contributed by atoms with E-state index in [1.807, 2.05) is 18.2 Å². The number of aliphatic hydroxyl groups excluding tert-OH is 1. The standard InChI is InChI=1S/C32H32Cl2F4N2O2S/c1-19(41)13-24-15-26(33)23(16-28(24)35)14-22-8-7-21(20(2)39-31(3)11-6-12-31)17-29(22)40-43(4,5)30-10-9-25(18-27(30)34)42-32(36,37)38/h7-10,15-18,39-41H,1-2,4-6,11-14H2,3H3. The average Bonchev–Trinajstić information content (AvgIpc) is 2.85. The Morgan fingerprint density at radius 2 is 1.70 bits per heavy atom. The molecular formula is C32H32Cl2F4N2O2S. The van der Waals surface area contributed by atoms with Crippen molar-refractivity contribution >= 4 is 55.7 Å². The molecule has 4 rings (SSSR count). The third-order valence-electron chi connectivity index (χ3n) is 7.22. The molecule has 230 valence electrons. The summed E-state index contributed by atoms with van der Waals surface area (Å²) in [4.78, 5) is 0.400. The molecular weight excluding hydrogens is 623 g/mol. The zero-order valence-corrected chi connectivity index (χ0v) is 25.8. The van der Waals surface area contributed by atoms with Crippen LogP contribution < -0.4 is 14.8 Å².